The van der Waals surface area contributed by atoms with Crippen LogP contribution in [0.5, 0.6) is 0 Å². The molecule has 0 aliphatic heterocycles. The average Bonchev–Trinajstić information content (AvgIpc) is 3.72. The van der Waals surface area contributed by atoms with Gasteiger partial charge in [-0.25, -0.2) is 9.97 Å². The number of fused-ring (bicyclic) bond motifs is 3. The Morgan fingerprint density at radius 1 is 0.361 bits per heavy atom. The van der Waals surface area contributed by atoms with Gasteiger partial charge in [0, 0.05) is 37.7 Å². The lowest BCUT2D eigenvalue weighted by Crippen LogP contribution is -2.04. The summed E-state index contributed by atoms with van der Waals surface area (Å²) in [4.78, 5) is 11.7. The van der Waals surface area contributed by atoms with E-state index in [1.807, 2.05) is 17.4 Å². The van der Waals surface area contributed by atoms with Gasteiger partial charge in [0.1, 0.15) is 0 Å². The molecule has 3 heterocycles. The number of rotatable bonds is 8. The molecule has 2 nitrogen and oxygen atoms in total. The molecular formula is C58H40N2S. The molecule has 1 atom stereocenters. The zero-order valence-corrected chi connectivity index (χ0v) is 34.3. The highest BCUT2D eigenvalue weighted by Crippen LogP contribution is 2.42. The molecule has 61 heavy (non-hydrogen) atoms. The molecule has 7 aromatic carbocycles. The molecular weight excluding hydrogens is 757 g/mol. The lowest BCUT2D eigenvalue weighted by atomic mass is 9.86. The second kappa shape index (κ2) is 16.0. The molecule has 0 fully saturated rings. The maximum Gasteiger partial charge on any atom is 0.0715 e. The zero-order chi connectivity index (χ0) is 40.5. The van der Waals surface area contributed by atoms with Gasteiger partial charge in [0.05, 0.1) is 22.8 Å². The monoisotopic (exact) mass is 796 g/mol. The first-order valence-corrected chi connectivity index (χ1v) is 21.7. The number of pyridine rings is 2. The van der Waals surface area contributed by atoms with E-state index in [0.717, 1.165) is 57.0 Å². The van der Waals surface area contributed by atoms with Gasteiger partial charge in [-0.1, -0.05) is 182 Å². The Hall–Kier alpha value is -7.46. The molecule has 0 saturated carbocycles. The van der Waals surface area contributed by atoms with E-state index in [2.05, 4.69) is 218 Å². The fourth-order valence-electron chi connectivity index (χ4n) is 8.61. The van der Waals surface area contributed by atoms with Crippen LogP contribution in [-0.2, 0) is 6.42 Å². The van der Waals surface area contributed by atoms with Crippen LogP contribution in [-0.4, -0.2) is 9.97 Å². The summed E-state index contributed by atoms with van der Waals surface area (Å²) >= 11 is 1.89. The van der Waals surface area contributed by atoms with Crippen molar-refractivity contribution in [3.8, 4) is 78.4 Å². The minimum absolute atomic E-state index is 0.297. The van der Waals surface area contributed by atoms with E-state index < -0.39 is 0 Å². The third-order valence-corrected chi connectivity index (χ3v) is 13.1. The predicted molar refractivity (Wildman–Crippen MR) is 257 cm³/mol. The van der Waals surface area contributed by atoms with E-state index in [9.17, 15) is 0 Å². The highest BCUT2D eigenvalue weighted by Gasteiger charge is 2.21. The van der Waals surface area contributed by atoms with Crippen molar-refractivity contribution in [2.45, 2.75) is 12.3 Å². The van der Waals surface area contributed by atoms with Gasteiger partial charge in [0.2, 0.25) is 0 Å². The number of aromatic nitrogens is 2. The van der Waals surface area contributed by atoms with Crippen LogP contribution < -0.4 is 0 Å². The quantitative estimate of drug-likeness (QED) is 0.153. The summed E-state index contributed by atoms with van der Waals surface area (Å²) in [6.45, 7) is 0. The van der Waals surface area contributed by atoms with Gasteiger partial charge in [-0.3, -0.25) is 0 Å². The number of hydrogen-bond acceptors (Lipinski definition) is 3. The van der Waals surface area contributed by atoms with Crippen LogP contribution in [0.25, 0.3) is 94.6 Å². The van der Waals surface area contributed by atoms with Crippen molar-refractivity contribution in [1.82, 2.24) is 9.97 Å². The fourth-order valence-corrected chi connectivity index (χ4v) is 9.74. The Kier molecular flexibility index (Phi) is 9.57. The highest BCUT2D eigenvalue weighted by molar-refractivity contribution is 7.20. The van der Waals surface area contributed by atoms with E-state index in [1.54, 1.807) is 0 Å². The van der Waals surface area contributed by atoms with E-state index in [4.69, 9.17) is 9.97 Å². The van der Waals surface area contributed by atoms with Crippen LogP contribution in [0, 0.1) is 0 Å². The van der Waals surface area contributed by atoms with Gasteiger partial charge in [0.25, 0.3) is 0 Å². The number of thiophene rings is 1. The maximum absolute atomic E-state index is 5.17. The Balaban J connectivity index is 0.867. The Labute approximate surface area is 360 Å². The second-order valence-electron chi connectivity index (χ2n) is 15.7. The Bertz CT molecular complexity index is 3050. The molecule has 1 aliphatic carbocycles. The lowest BCUT2D eigenvalue weighted by molar-refractivity contribution is 0.837. The summed E-state index contributed by atoms with van der Waals surface area (Å²) in [5.74, 6) is 0.297. The van der Waals surface area contributed by atoms with E-state index in [-0.39, 0.29) is 0 Å². The highest BCUT2D eigenvalue weighted by atomic mass is 32.1. The van der Waals surface area contributed by atoms with Crippen molar-refractivity contribution >= 4 is 27.5 Å². The van der Waals surface area contributed by atoms with Crippen molar-refractivity contribution in [1.29, 1.82) is 0 Å². The Morgan fingerprint density at radius 3 is 1.25 bits per heavy atom. The minimum atomic E-state index is 0.297. The van der Waals surface area contributed by atoms with Crippen LogP contribution >= 0.6 is 11.3 Å². The van der Waals surface area contributed by atoms with E-state index in [1.165, 1.54) is 53.9 Å². The van der Waals surface area contributed by atoms with Crippen LogP contribution in [0.15, 0.2) is 218 Å². The molecule has 3 heteroatoms. The summed E-state index contributed by atoms with van der Waals surface area (Å²) in [7, 11) is 0. The molecule has 1 unspecified atom stereocenters. The lowest BCUT2D eigenvalue weighted by Gasteiger charge is -2.18. The van der Waals surface area contributed by atoms with Gasteiger partial charge in [0.15, 0.2) is 0 Å². The van der Waals surface area contributed by atoms with Gasteiger partial charge in [-0.05, 0) is 98.8 Å². The average molecular weight is 797 g/mol. The van der Waals surface area contributed by atoms with Crippen molar-refractivity contribution in [2.75, 3.05) is 0 Å². The fraction of sp³-hybridized carbons (Fsp3) is 0.0345. The van der Waals surface area contributed by atoms with Crippen molar-refractivity contribution in [2.24, 2.45) is 0 Å². The summed E-state index contributed by atoms with van der Waals surface area (Å²) in [6, 6.07) is 75.8. The minimum Gasteiger partial charge on any atom is -0.248 e. The zero-order valence-electron chi connectivity index (χ0n) is 33.4. The first-order valence-electron chi connectivity index (χ1n) is 20.9. The van der Waals surface area contributed by atoms with Gasteiger partial charge < -0.3 is 0 Å². The largest absolute Gasteiger partial charge is 0.248 e. The first kappa shape index (κ1) is 36.6. The number of nitrogens with zero attached hydrogens (tertiary/aromatic N) is 2. The molecule has 0 spiro atoms. The maximum atomic E-state index is 5.17. The van der Waals surface area contributed by atoms with Crippen LogP contribution in [0.2, 0.25) is 0 Å². The summed E-state index contributed by atoms with van der Waals surface area (Å²) in [6.07, 6.45) is 5.70. The third-order valence-electron chi connectivity index (χ3n) is 11.9. The molecule has 3 aromatic heterocycles. The first-order chi connectivity index (χ1) is 30.2. The smallest absolute Gasteiger partial charge is 0.0715 e. The normalized spacial score (nSPS) is 13.3. The molecule has 0 saturated heterocycles. The predicted octanol–water partition coefficient (Wildman–Crippen LogP) is 15.7. The molecule has 0 N–H and O–H groups in total. The SMILES string of the molecule is C1=CC(c2ccc(-c3cc(-c4ccccc4)cc(-c4ccccc4)n3)cc2)Cc2c1sc1ccc(-c3ccc(-c4cc(-c5ccccc5)cc(-c5ccccc5)n4)cc3)cc21. The molecule has 0 bridgehead atoms. The molecule has 10 aromatic rings. The Morgan fingerprint density at radius 2 is 0.754 bits per heavy atom. The molecule has 11 rings (SSSR count). The van der Waals surface area contributed by atoms with Gasteiger partial charge in [-0.2, -0.15) is 0 Å². The molecule has 1 aliphatic rings. The van der Waals surface area contributed by atoms with Gasteiger partial charge in [-0.15, -0.1) is 11.3 Å². The summed E-state index contributed by atoms with van der Waals surface area (Å²) < 4.78 is 1.33. The van der Waals surface area contributed by atoms with Crippen molar-refractivity contribution in [3.63, 3.8) is 0 Å². The van der Waals surface area contributed by atoms with Gasteiger partial charge >= 0.3 is 0 Å². The summed E-state index contributed by atoms with van der Waals surface area (Å²) in [5, 5.41) is 1.35. The standard InChI is InChI=1S/C58H40N2S/c1-5-13-39(14-6-1)49-35-53(43-17-9-3-10-18-43)59-55(37-49)45-25-21-41(22-26-45)47-29-31-57-51(33-47)52-34-48(30-32-58(52)61-57)42-23-27-46(28-24-42)56-38-50(40-15-7-2-8-16-40)36-54(60-56)44-19-11-4-12-20-44/h1-33,35-38,48H,34H2. The number of hydrogen-bond donors (Lipinski definition) is 0. The topological polar surface area (TPSA) is 25.8 Å². The molecule has 288 valence electrons. The van der Waals surface area contributed by atoms with E-state index in [0.29, 0.717) is 5.92 Å². The third kappa shape index (κ3) is 7.41. The van der Waals surface area contributed by atoms with E-state index >= 15 is 0 Å². The van der Waals surface area contributed by atoms with Crippen molar-refractivity contribution < 1.29 is 0 Å². The second-order valence-corrected chi connectivity index (χ2v) is 16.8. The molecule has 0 amide bonds. The van der Waals surface area contributed by atoms with Crippen LogP contribution in [0.1, 0.15) is 21.9 Å². The summed E-state index contributed by atoms with van der Waals surface area (Å²) in [5.41, 5.74) is 18.2. The number of allylic oxidation sites excluding steroid dienone is 1. The number of benzene rings is 7. The van der Waals surface area contributed by atoms with Crippen LogP contribution in [0.4, 0.5) is 0 Å². The van der Waals surface area contributed by atoms with Crippen molar-refractivity contribution in [3.05, 3.63) is 234 Å². The molecule has 0 radical (unpaired) electrons. The van der Waals surface area contributed by atoms with Crippen LogP contribution in [0.3, 0.4) is 0 Å².